The Kier molecular flexibility index (Phi) is 4.87. The van der Waals surface area contributed by atoms with E-state index in [1.54, 1.807) is 38.4 Å². The van der Waals surface area contributed by atoms with E-state index in [-0.39, 0.29) is 11.3 Å². The zero-order valence-corrected chi connectivity index (χ0v) is 16.7. The summed E-state index contributed by atoms with van der Waals surface area (Å²) in [6.07, 6.45) is 4.84. The fourth-order valence-electron chi connectivity index (χ4n) is 5.02. The van der Waals surface area contributed by atoms with Gasteiger partial charge < -0.3 is 29.2 Å². The van der Waals surface area contributed by atoms with Gasteiger partial charge in [0.05, 0.1) is 33.0 Å². The maximum Gasteiger partial charge on any atom is 0.270 e. The number of amides is 1. The number of aromatic amines is 1. The van der Waals surface area contributed by atoms with Crippen LogP contribution in [0.1, 0.15) is 42.6 Å². The van der Waals surface area contributed by atoms with Crippen molar-refractivity contribution in [3.8, 4) is 17.2 Å². The van der Waals surface area contributed by atoms with Crippen molar-refractivity contribution in [2.75, 3.05) is 34.4 Å². The van der Waals surface area contributed by atoms with Crippen LogP contribution >= 0.6 is 0 Å². The molecule has 2 heterocycles. The van der Waals surface area contributed by atoms with E-state index in [4.69, 9.17) is 14.2 Å². The van der Waals surface area contributed by atoms with Crippen LogP contribution in [0.25, 0.3) is 10.9 Å². The molecular weight excluding hydrogens is 360 g/mol. The lowest BCUT2D eigenvalue weighted by Gasteiger charge is -2.42. The number of H-pyrrole nitrogens is 1. The van der Waals surface area contributed by atoms with E-state index < -0.39 is 6.10 Å². The number of hydrogen-bond donors (Lipinski definition) is 2. The number of ether oxygens (including phenoxy) is 3. The second-order valence-corrected chi connectivity index (χ2v) is 8.04. The topological polar surface area (TPSA) is 84.0 Å². The highest BCUT2D eigenvalue weighted by Gasteiger charge is 2.43. The maximum atomic E-state index is 13.3. The van der Waals surface area contributed by atoms with Crippen molar-refractivity contribution >= 4 is 16.8 Å². The Balaban J connectivity index is 1.71. The number of nitrogens with one attached hydrogen (secondary N) is 1. The minimum absolute atomic E-state index is 0.0674. The molecule has 1 aromatic carbocycles. The summed E-state index contributed by atoms with van der Waals surface area (Å²) in [4.78, 5) is 18.3. The summed E-state index contributed by atoms with van der Waals surface area (Å²) in [5.74, 6) is 1.56. The van der Waals surface area contributed by atoms with Gasteiger partial charge in [-0.2, -0.15) is 0 Å². The molecule has 2 aromatic rings. The number of carbonyl (C=O) groups excluding carboxylic acids is 1. The molecule has 1 unspecified atom stereocenters. The number of benzene rings is 1. The second-order valence-electron chi connectivity index (χ2n) is 8.04. The van der Waals surface area contributed by atoms with Gasteiger partial charge in [0.25, 0.3) is 5.91 Å². The second kappa shape index (κ2) is 7.20. The van der Waals surface area contributed by atoms with Gasteiger partial charge in [0.1, 0.15) is 11.4 Å². The van der Waals surface area contributed by atoms with Crippen molar-refractivity contribution in [1.82, 2.24) is 9.88 Å². The Morgan fingerprint density at radius 3 is 2.50 bits per heavy atom. The number of methoxy groups -OCH3 is 3. The van der Waals surface area contributed by atoms with Crippen LogP contribution in [0.5, 0.6) is 17.2 Å². The highest BCUT2D eigenvalue weighted by atomic mass is 16.5. The highest BCUT2D eigenvalue weighted by Crippen LogP contribution is 2.45. The molecule has 1 amide bonds. The minimum Gasteiger partial charge on any atom is -0.496 e. The summed E-state index contributed by atoms with van der Waals surface area (Å²) in [6.45, 7) is 1.07. The first-order valence-electron chi connectivity index (χ1n) is 9.79. The van der Waals surface area contributed by atoms with E-state index in [0.29, 0.717) is 41.5 Å². The molecule has 1 spiro atoms. The normalized spacial score (nSPS) is 21.3. The molecule has 4 rings (SSSR count). The number of likely N-dealkylation sites (tertiary alicyclic amines) is 1. The number of aromatic nitrogens is 1. The molecule has 0 radical (unpaired) electrons. The summed E-state index contributed by atoms with van der Waals surface area (Å²) in [5, 5.41) is 11.2. The molecule has 1 aliphatic carbocycles. The fraction of sp³-hybridized carbons (Fsp3) is 0.571. The van der Waals surface area contributed by atoms with E-state index in [9.17, 15) is 9.90 Å². The molecule has 2 fully saturated rings. The van der Waals surface area contributed by atoms with Crippen LogP contribution in [0, 0.1) is 5.41 Å². The lowest BCUT2D eigenvalue weighted by molar-refractivity contribution is -0.00289. The molecule has 28 heavy (non-hydrogen) atoms. The van der Waals surface area contributed by atoms with E-state index in [1.165, 1.54) is 12.8 Å². The summed E-state index contributed by atoms with van der Waals surface area (Å²) >= 11 is 0. The third-order valence-corrected chi connectivity index (χ3v) is 6.25. The first kappa shape index (κ1) is 18.9. The number of β-amino-alcohol motifs (C(OH)–C–C–N with tert-alkyl or cyclic N) is 1. The molecule has 7 nitrogen and oxygen atoms in total. The molecule has 1 saturated heterocycles. The van der Waals surface area contributed by atoms with E-state index in [2.05, 4.69) is 4.98 Å². The van der Waals surface area contributed by atoms with Crippen molar-refractivity contribution < 1.29 is 24.1 Å². The first-order valence-corrected chi connectivity index (χ1v) is 9.79. The molecule has 2 N–H and O–H groups in total. The maximum absolute atomic E-state index is 13.3. The summed E-state index contributed by atoms with van der Waals surface area (Å²) in [5.41, 5.74) is 1.19. The van der Waals surface area contributed by atoms with Crippen LogP contribution in [0.3, 0.4) is 0 Å². The SMILES string of the molecule is COc1cc(OC)c2cc(C(=O)N3CC(O)CC4(CCCC4)C3)[nH]c2c1OC. The third kappa shape index (κ3) is 3.07. The molecular formula is C21H28N2O5. The molecule has 7 heteroatoms. The number of aliphatic hydroxyl groups excluding tert-OH is 1. The van der Waals surface area contributed by atoms with Gasteiger partial charge in [-0.3, -0.25) is 4.79 Å². The van der Waals surface area contributed by atoms with Gasteiger partial charge in [0, 0.05) is 24.5 Å². The average Bonchev–Trinajstić information content (AvgIpc) is 3.32. The Morgan fingerprint density at radius 2 is 1.86 bits per heavy atom. The van der Waals surface area contributed by atoms with Crippen LogP contribution in [-0.2, 0) is 0 Å². The third-order valence-electron chi connectivity index (χ3n) is 6.25. The van der Waals surface area contributed by atoms with Gasteiger partial charge in [-0.05, 0) is 30.7 Å². The van der Waals surface area contributed by atoms with Crippen LogP contribution < -0.4 is 14.2 Å². The Labute approximate surface area is 164 Å². The summed E-state index contributed by atoms with van der Waals surface area (Å²) in [7, 11) is 4.71. The molecule has 0 bridgehead atoms. The first-order chi connectivity index (χ1) is 13.5. The number of fused-ring (bicyclic) bond motifs is 1. The van der Waals surface area contributed by atoms with Gasteiger partial charge in [0.15, 0.2) is 11.5 Å². The average molecular weight is 388 g/mol. The number of carbonyl (C=O) groups is 1. The van der Waals surface area contributed by atoms with Crippen LogP contribution in [0.15, 0.2) is 12.1 Å². The van der Waals surface area contributed by atoms with Gasteiger partial charge in [-0.15, -0.1) is 0 Å². The van der Waals surface area contributed by atoms with Crippen LogP contribution in [0.2, 0.25) is 0 Å². The van der Waals surface area contributed by atoms with Gasteiger partial charge in [-0.25, -0.2) is 0 Å². The van der Waals surface area contributed by atoms with Crippen LogP contribution in [-0.4, -0.2) is 61.4 Å². The smallest absolute Gasteiger partial charge is 0.270 e. The predicted octanol–water partition coefficient (Wildman–Crippen LogP) is 2.96. The number of aliphatic hydroxyl groups is 1. The van der Waals surface area contributed by atoms with Crippen molar-refractivity contribution in [2.24, 2.45) is 5.41 Å². The quantitative estimate of drug-likeness (QED) is 0.841. The van der Waals surface area contributed by atoms with Gasteiger partial charge in [-0.1, -0.05) is 12.8 Å². The summed E-state index contributed by atoms with van der Waals surface area (Å²) < 4.78 is 16.4. The largest absolute Gasteiger partial charge is 0.496 e. The molecule has 1 aliphatic heterocycles. The van der Waals surface area contributed by atoms with Crippen molar-refractivity contribution in [3.05, 3.63) is 17.8 Å². The number of nitrogens with zero attached hydrogens (tertiary/aromatic N) is 1. The predicted molar refractivity (Wildman–Crippen MR) is 105 cm³/mol. The lowest BCUT2D eigenvalue weighted by atomic mass is 9.77. The van der Waals surface area contributed by atoms with Crippen molar-refractivity contribution in [2.45, 2.75) is 38.2 Å². The Hall–Kier alpha value is -2.41. The molecule has 2 aliphatic rings. The highest BCUT2D eigenvalue weighted by molar-refractivity contribution is 6.02. The van der Waals surface area contributed by atoms with E-state index >= 15 is 0 Å². The van der Waals surface area contributed by atoms with Crippen LogP contribution in [0.4, 0.5) is 0 Å². The van der Waals surface area contributed by atoms with Crippen molar-refractivity contribution in [1.29, 1.82) is 0 Å². The van der Waals surface area contributed by atoms with Crippen molar-refractivity contribution in [3.63, 3.8) is 0 Å². The fourth-order valence-corrected chi connectivity index (χ4v) is 5.02. The van der Waals surface area contributed by atoms with Gasteiger partial charge in [0.2, 0.25) is 0 Å². The summed E-state index contributed by atoms with van der Waals surface area (Å²) in [6, 6.07) is 3.54. The zero-order valence-electron chi connectivity index (χ0n) is 16.7. The minimum atomic E-state index is -0.468. The standard InChI is InChI=1S/C21H28N2O5/c1-26-16-9-17(27-2)19(28-3)18-14(16)8-15(22-18)20(25)23-11-13(24)10-21(12-23)6-4-5-7-21/h8-9,13,22,24H,4-7,10-12H2,1-3H3. The van der Waals surface area contributed by atoms with Gasteiger partial charge >= 0.3 is 0 Å². The number of rotatable bonds is 4. The molecule has 1 saturated carbocycles. The molecule has 1 atom stereocenters. The van der Waals surface area contributed by atoms with E-state index in [1.807, 2.05) is 0 Å². The zero-order chi connectivity index (χ0) is 19.9. The Bertz CT molecular complexity index is 885. The lowest BCUT2D eigenvalue weighted by Crippen LogP contribution is -2.50. The molecule has 1 aromatic heterocycles. The Morgan fingerprint density at radius 1 is 1.14 bits per heavy atom. The number of piperidine rings is 1. The molecule has 152 valence electrons. The number of hydrogen-bond acceptors (Lipinski definition) is 5. The monoisotopic (exact) mass is 388 g/mol. The van der Waals surface area contributed by atoms with E-state index in [0.717, 1.165) is 24.6 Å².